The molecular weight excluding hydrogens is 472 g/mol. The standard InChI is InChI=1S/C21H17ClN4O2S3/c1-11-7-8-13(22)9-14(11)23-16(27)10-30-20-24-18-17(19(28)25-20)31-21(29)26(18)15-6-4-3-5-12(15)2/h3-9H,10H2,1-2H3,(H,23,27)(H,24,25,28). The molecule has 0 spiro atoms. The van der Waals surface area contributed by atoms with E-state index in [2.05, 4.69) is 15.3 Å². The molecule has 0 aliphatic heterocycles. The SMILES string of the molecule is Cc1ccc(Cl)cc1NC(=O)CSc1nc2c(sc(=S)n2-c2ccccc2C)c(=O)[nH]1. The van der Waals surface area contributed by atoms with Crippen LogP contribution >= 0.6 is 46.9 Å². The number of aromatic amines is 1. The number of fused-ring (bicyclic) bond motifs is 1. The van der Waals surface area contributed by atoms with Crippen LogP contribution in [0.3, 0.4) is 0 Å². The number of thioether (sulfide) groups is 1. The van der Waals surface area contributed by atoms with Crippen molar-refractivity contribution in [1.29, 1.82) is 0 Å². The predicted octanol–water partition coefficient (Wildman–Crippen LogP) is 5.51. The van der Waals surface area contributed by atoms with Gasteiger partial charge in [-0.2, -0.15) is 0 Å². The summed E-state index contributed by atoms with van der Waals surface area (Å²) in [6.45, 7) is 3.87. The Balaban J connectivity index is 1.62. The Morgan fingerprint density at radius 3 is 2.81 bits per heavy atom. The number of aromatic nitrogens is 3. The summed E-state index contributed by atoms with van der Waals surface area (Å²) in [5.74, 6) is -0.144. The zero-order valence-electron chi connectivity index (χ0n) is 16.6. The number of aryl methyl sites for hydroxylation is 2. The first-order valence-corrected chi connectivity index (χ1v) is 11.8. The molecule has 0 bridgehead atoms. The summed E-state index contributed by atoms with van der Waals surface area (Å²) >= 11 is 13.9. The van der Waals surface area contributed by atoms with E-state index in [1.54, 1.807) is 16.7 Å². The van der Waals surface area contributed by atoms with Gasteiger partial charge in [-0.05, 0) is 55.4 Å². The number of rotatable bonds is 5. The van der Waals surface area contributed by atoms with Gasteiger partial charge < -0.3 is 10.3 Å². The lowest BCUT2D eigenvalue weighted by atomic mass is 10.2. The maximum atomic E-state index is 12.6. The van der Waals surface area contributed by atoms with Crippen LogP contribution in [0.25, 0.3) is 16.0 Å². The molecule has 4 rings (SSSR count). The highest BCUT2D eigenvalue weighted by atomic mass is 35.5. The van der Waals surface area contributed by atoms with Crippen LogP contribution in [0, 0.1) is 17.8 Å². The van der Waals surface area contributed by atoms with E-state index in [-0.39, 0.29) is 17.2 Å². The van der Waals surface area contributed by atoms with Crippen molar-refractivity contribution in [2.75, 3.05) is 11.1 Å². The van der Waals surface area contributed by atoms with Crippen molar-refractivity contribution in [2.24, 2.45) is 0 Å². The predicted molar refractivity (Wildman–Crippen MR) is 131 cm³/mol. The quantitative estimate of drug-likeness (QED) is 0.220. The highest BCUT2D eigenvalue weighted by molar-refractivity contribution is 7.99. The zero-order valence-corrected chi connectivity index (χ0v) is 19.8. The molecular formula is C21H17ClN4O2S3. The average molecular weight is 489 g/mol. The third-order valence-electron chi connectivity index (χ3n) is 4.59. The minimum Gasteiger partial charge on any atom is -0.325 e. The molecule has 1 amide bonds. The Labute approximate surface area is 196 Å². The van der Waals surface area contributed by atoms with Gasteiger partial charge in [-0.1, -0.05) is 59.0 Å². The fourth-order valence-electron chi connectivity index (χ4n) is 3.04. The normalized spacial score (nSPS) is 11.1. The lowest BCUT2D eigenvalue weighted by Crippen LogP contribution is -2.16. The summed E-state index contributed by atoms with van der Waals surface area (Å²) in [6, 6.07) is 13.1. The van der Waals surface area contributed by atoms with E-state index in [0.717, 1.165) is 28.6 Å². The van der Waals surface area contributed by atoms with E-state index in [1.165, 1.54) is 11.3 Å². The molecule has 2 aromatic heterocycles. The Morgan fingerprint density at radius 2 is 2.03 bits per heavy atom. The number of benzene rings is 2. The van der Waals surface area contributed by atoms with Crippen LogP contribution in [0.1, 0.15) is 11.1 Å². The van der Waals surface area contributed by atoms with Gasteiger partial charge in [-0.3, -0.25) is 14.2 Å². The fraction of sp³-hybridized carbons (Fsp3) is 0.143. The summed E-state index contributed by atoms with van der Waals surface area (Å²) in [7, 11) is 0. The molecule has 10 heteroatoms. The molecule has 6 nitrogen and oxygen atoms in total. The summed E-state index contributed by atoms with van der Waals surface area (Å²) in [6.07, 6.45) is 0. The number of halogens is 1. The van der Waals surface area contributed by atoms with Gasteiger partial charge in [0.05, 0.1) is 11.4 Å². The van der Waals surface area contributed by atoms with Crippen LogP contribution in [0.2, 0.25) is 5.02 Å². The number of hydrogen-bond donors (Lipinski definition) is 2. The molecule has 0 saturated carbocycles. The number of H-pyrrole nitrogens is 1. The third-order valence-corrected chi connectivity index (χ3v) is 7.06. The highest BCUT2D eigenvalue weighted by Gasteiger charge is 2.16. The molecule has 158 valence electrons. The minimum absolute atomic E-state index is 0.0790. The average Bonchev–Trinajstić information content (AvgIpc) is 3.06. The number of para-hydroxylation sites is 1. The number of amides is 1. The topological polar surface area (TPSA) is 79.8 Å². The van der Waals surface area contributed by atoms with Crippen molar-refractivity contribution < 1.29 is 4.79 Å². The third kappa shape index (κ3) is 4.59. The van der Waals surface area contributed by atoms with Crippen molar-refractivity contribution in [3.8, 4) is 5.69 Å². The molecule has 0 fully saturated rings. The van der Waals surface area contributed by atoms with Crippen molar-refractivity contribution in [1.82, 2.24) is 14.5 Å². The number of carbonyl (C=O) groups excluding carboxylic acids is 1. The summed E-state index contributed by atoms with van der Waals surface area (Å²) < 4.78 is 2.80. The molecule has 0 aliphatic carbocycles. The van der Waals surface area contributed by atoms with E-state index in [1.807, 2.05) is 44.2 Å². The van der Waals surface area contributed by atoms with Gasteiger partial charge in [0.15, 0.2) is 14.8 Å². The van der Waals surface area contributed by atoms with Crippen LogP contribution in [-0.4, -0.2) is 26.2 Å². The smallest absolute Gasteiger partial charge is 0.271 e. The van der Waals surface area contributed by atoms with Crippen LogP contribution in [-0.2, 0) is 4.79 Å². The van der Waals surface area contributed by atoms with Crippen molar-refractivity contribution >= 4 is 68.9 Å². The summed E-state index contributed by atoms with van der Waals surface area (Å²) in [5, 5.41) is 3.73. The van der Waals surface area contributed by atoms with E-state index < -0.39 is 0 Å². The number of nitrogens with zero attached hydrogens (tertiary/aromatic N) is 2. The highest BCUT2D eigenvalue weighted by Crippen LogP contribution is 2.26. The molecule has 0 unspecified atom stereocenters. The molecule has 0 saturated heterocycles. The minimum atomic E-state index is -0.276. The van der Waals surface area contributed by atoms with Gasteiger partial charge in [0.1, 0.15) is 4.70 Å². The van der Waals surface area contributed by atoms with Crippen molar-refractivity contribution in [3.05, 3.63) is 72.9 Å². The Bertz CT molecular complexity index is 1420. The Hall–Kier alpha value is -2.46. The molecule has 31 heavy (non-hydrogen) atoms. The second-order valence-electron chi connectivity index (χ2n) is 6.81. The Morgan fingerprint density at radius 1 is 1.26 bits per heavy atom. The monoisotopic (exact) mass is 488 g/mol. The maximum Gasteiger partial charge on any atom is 0.271 e. The number of anilines is 1. The first-order valence-electron chi connectivity index (χ1n) is 9.24. The lowest BCUT2D eigenvalue weighted by molar-refractivity contribution is -0.113. The lowest BCUT2D eigenvalue weighted by Gasteiger charge is -2.09. The summed E-state index contributed by atoms with van der Waals surface area (Å²) in [4.78, 5) is 32.4. The number of nitrogens with one attached hydrogen (secondary N) is 2. The van der Waals surface area contributed by atoms with Crippen molar-refractivity contribution in [2.45, 2.75) is 19.0 Å². The summed E-state index contributed by atoms with van der Waals surface area (Å²) in [5.41, 5.74) is 3.67. The van der Waals surface area contributed by atoms with E-state index in [0.29, 0.717) is 30.2 Å². The van der Waals surface area contributed by atoms with Gasteiger partial charge in [-0.25, -0.2) is 4.98 Å². The first kappa shape index (κ1) is 21.8. The first-order chi connectivity index (χ1) is 14.8. The van der Waals surface area contributed by atoms with Crippen LogP contribution in [0.15, 0.2) is 52.4 Å². The zero-order chi connectivity index (χ0) is 22.1. The van der Waals surface area contributed by atoms with E-state index in [9.17, 15) is 9.59 Å². The second kappa shape index (κ2) is 8.96. The van der Waals surface area contributed by atoms with Gasteiger partial charge in [0, 0.05) is 10.7 Å². The van der Waals surface area contributed by atoms with E-state index >= 15 is 0 Å². The van der Waals surface area contributed by atoms with E-state index in [4.69, 9.17) is 23.8 Å². The number of thiazole rings is 1. The molecule has 2 heterocycles. The molecule has 0 atom stereocenters. The molecule has 0 aliphatic rings. The number of hydrogen-bond acceptors (Lipinski definition) is 6. The Kier molecular flexibility index (Phi) is 6.29. The molecule has 2 aromatic carbocycles. The molecule has 4 aromatic rings. The van der Waals surface area contributed by atoms with Gasteiger partial charge in [0.25, 0.3) is 5.56 Å². The number of carbonyl (C=O) groups is 1. The fourth-order valence-corrected chi connectivity index (χ4v) is 5.12. The molecule has 2 N–H and O–H groups in total. The van der Waals surface area contributed by atoms with Gasteiger partial charge in [-0.15, -0.1) is 0 Å². The van der Waals surface area contributed by atoms with Gasteiger partial charge >= 0.3 is 0 Å². The largest absolute Gasteiger partial charge is 0.325 e. The second-order valence-corrected chi connectivity index (χ2v) is 9.85. The van der Waals surface area contributed by atoms with Crippen LogP contribution in [0.5, 0.6) is 0 Å². The van der Waals surface area contributed by atoms with Gasteiger partial charge in [0.2, 0.25) is 5.91 Å². The van der Waals surface area contributed by atoms with Crippen LogP contribution in [0.4, 0.5) is 5.69 Å². The maximum absolute atomic E-state index is 12.6. The van der Waals surface area contributed by atoms with Crippen molar-refractivity contribution in [3.63, 3.8) is 0 Å². The molecule has 0 radical (unpaired) electrons. The van der Waals surface area contributed by atoms with Crippen LogP contribution < -0.4 is 10.9 Å².